The summed E-state index contributed by atoms with van der Waals surface area (Å²) < 4.78 is 19.1. The molecule has 3 aromatic carbocycles. The molecule has 3 aromatic rings. The van der Waals surface area contributed by atoms with Crippen LogP contribution in [0, 0.1) is 5.92 Å². The van der Waals surface area contributed by atoms with E-state index in [9.17, 15) is 4.39 Å². The van der Waals surface area contributed by atoms with Crippen molar-refractivity contribution >= 4 is 11.1 Å². The molecule has 3 heteroatoms. The molecule has 1 saturated heterocycles. The van der Waals surface area contributed by atoms with Crippen LogP contribution in [-0.2, 0) is 0 Å². The molecule has 1 fully saturated rings. The van der Waals surface area contributed by atoms with Crippen LogP contribution in [0.25, 0.3) is 11.1 Å². The second-order valence-corrected chi connectivity index (χ2v) is 8.93. The van der Waals surface area contributed by atoms with Crippen molar-refractivity contribution in [2.45, 2.75) is 32.7 Å². The zero-order valence-corrected chi connectivity index (χ0v) is 19.7. The van der Waals surface area contributed by atoms with Crippen molar-refractivity contribution in [2.24, 2.45) is 5.92 Å². The number of hydrogen-bond donors (Lipinski definition) is 0. The monoisotopic (exact) mass is 443 g/mol. The molecule has 0 spiro atoms. The lowest BCUT2D eigenvalue weighted by atomic mass is 9.88. The minimum Gasteiger partial charge on any atom is -0.492 e. The predicted molar refractivity (Wildman–Crippen MR) is 136 cm³/mol. The van der Waals surface area contributed by atoms with Gasteiger partial charge in [0.15, 0.2) is 0 Å². The molecule has 0 amide bonds. The number of ether oxygens (including phenoxy) is 1. The van der Waals surface area contributed by atoms with Crippen LogP contribution in [-0.4, -0.2) is 37.3 Å². The maximum Gasteiger partial charge on any atom is 0.119 e. The maximum absolute atomic E-state index is 12.9. The van der Waals surface area contributed by atoms with Gasteiger partial charge in [-0.15, -0.1) is 0 Å². The average molecular weight is 444 g/mol. The Hall–Kier alpha value is -2.91. The highest BCUT2D eigenvalue weighted by molar-refractivity contribution is 5.98. The molecule has 0 aromatic heterocycles. The molecule has 2 atom stereocenters. The summed E-state index contributed by atoms with van der Waals surface area (Å²) in [5.74, 6) is 1.06. The van der Waals surface area contributed by atoms with Crippen LogP contribution in [0.1, 0.15) is 43.4 Å². The zero-order valence-electron chi connectivity index (χ0n) is 19.7. The van der Waals surface area contributed by atoms with Crippen LogP contribution in [0.3, 0.4) is 0 Å². The second kappa shape index (κ2) is 11.3. The van der Waals surface area contributed by atoms with Gasteiger partial charge in [-0.3, -0.25) is 9.29 Å². The van der Waals surface area contributed by atoms with Gasteiger partial charge >= 0.3 is 0 Å². The van der Waals surface area contributed by atoms with Crippen LogP contribution in [0.4, 0.5) is 4.39 Å². The van der Waals surface area contributed by atoms with Gasteiger partial charge in [0.2, 0.25) is 0 Å². The Morgan fingerprint density at radius 2 is 1.52 bits per heavy atom. The van der Waals surface area contributed by atoms with E-state index in [-0.39, 0.29) is 18.6 Å². The molecule has 0 saturated carbocycles. The van der Waals surface area contributed by atoms with E-state index in [4.69, 9.17) is 4.74 Å². The fourth-order valence-corrected chi connectivity index (χ4v) is 4.71. The van der Waals surface area contributed by atoms with Gasteiger partial charge in [-0.2, -0.15) is 0 Å². The van der Waals surface area contributed by atoms with Gasteiger partial charge in [-0.1, -0.05) is 79.7 Å². The number of rotatable bonds is 9. The average Bonchev–Trinajstić information content (AvgIpc) is 3.37. The molecule has 1 aliphatic heterocycles. The lowest BCUT2D eigenvalue weighted by molar-refractivity contribution is 0.166. The molecular formula is C30H34FNO. The van der Waals surface area contributed by atoms with Crippen molar-refractivity contribution in [3.8, 4) is 5.75 Å². The lowest BCUT2D eigenvalue weighted by Crippen LogP contribution is -2.35. The van der Waals surface area contributed by atoms with E-state index in [2.05, 4.69) is 104 Å². The van der Waals surface area contributed by atoms with Crippen LogP contribution in [0.5, 0.6) is 5.75 Å². The molecule has 0 bridgehead atoms. The minimum absolute atomic E-state index is 0.187. The number of hydrogen-bond acceptors (Lipinski definition) is 2. The van der Waals surface area contributed by atoms with E-state index >= 15 is 0 Å². The summed E-state index contributed by atoms with van der Waals surface area (Å²) in [6.45, 7) is 6.58. The molecule has 1 aliphatic rings. The summed E-state index contributed by atoms with van der Waals surface area (Å²) in [7, 11) is 0. The van der Waals surface area contributed by atoms with Gasteiger partial charge in [0.05, 0.1) is 6.67 Å². The molecule has 0 aliphatic carbocycles. The molecular weight excluding hydrogens is 409 g/mol. The maximum atomic E-state index is 12.9. The summed E-state index contributed by atoms with van der Waals surface area (Å²) in [5.41, 5.74) is 6.26. The summed E-state index contributed by atoms with van der Waals surface area (Å²) in [6.07, 6.45) is 1.89. The molecule has 1 heterocycles. The van der Waals surface area contributed by atoms with Gasteiger partial charge < -0.3 is 4.74 Å². The van der Waals surface area contributed by atoms with E-state index in [0.717, 1.165) is 31.7 Å². The zero-order chi connectivity index (χ0) is 23.0. The van der Waals surface area contributed by atoms with E-state index in [1.165, 1.54) is 27.8 Å². The first-order valence-corrected chi connectivity index (χ1v) is 12.1. The Kier molecular flexibility index (Phi) is 7.96. The lowest BCUT2D eigenvalue weighted by Gasteiger charge is -2.24. The molecule has 0 N–H and O–H groups in total. The molecule has 172 valence electrons. The number of halogens is 1. The van der Waals surface area contributed by atoms with E-state index in [1.807, 2.05) is 0 Å². The number of nitrogens with zero attached hydrogens (tertiary/aromatic N) is 1. The molecule has 4 rings (SSSR count). The third-order valence-corrected chi connectivity index (χ3v) is 6.63. The van der Waals surface area contributed by atoms with Gasteiger partial charge in [-0.25, -0.2) is 0 Å². The molecule has 0 radical (unpaired) electrons. The standard InChI is InChI=1S/C30H34FNO/c1-3-29(25-10-6-4-7-11-25)30(26-12-8-5-9-13-26)27-14-16-28(17-15-27)33-22-23(2)32-19-18-24(20-31)21-32/h4-17,23-24H,3,18-22H2,1-2H3/b30-29-/t23-,24-/m0/s1. The van der Waals surface area contributed by atoms with Crippen LogP contribution < -0.4 is 4.74 Å². The van der Waals surface area contributed by atoms with Gasteiger partial charge in [0, 0.05) is 18.5 Å². The number of allylic oxidation sites excluding steroid dienone is 1. The Balaban J connectivity index is 1.55. The van der Waals surface area contributed by atoms with Gasteiger partial charge in [0.25, 0.3) is 0 Å². The first kappa shape index (κ1) is 23.3. The van der Waals surface area contributed by atoms with Crippen LogP contribution in [0.15, 0.2) is 84.9 Å². The van der Waals surface area contributed by atoms with Crippen molar-refractivity contribution < 1.29 is 9.13 Å². The first-order chi connectivity index (χ1) is 16.2. The minimum atomic E-state index is -0.217. The van der Waals surface area contributed by atoms with Crippen molar-refractivity contribution in [3.05, 3.63) is 102 Å². The Morgan fingerprint density at radius 1 is 0.909 bits per heavy atom. The topological polar surface area (TPSA) is 12.5 Å². The fourth-order valence-electron chi connectivity index (χ4n) is 4.71. The van der Waals surface area contributed by atoms with Crippen molar-refractivity contribution in [2.75, 3.05) is 26.4 Å². The normalized spacial score (nSPS) is 18.1. The molecule has 0 unspecified atom stereocenters. The van der Waals surface area contributed by atoms with Crippen molar-refractivity contribution in [1.29, 1.82) is 0 Å². The summed E-state index contributed by atoms with van der Waals surface area (Å²) >= 11 is 0. The first-order valence-electron chi connectivity index (χ1n) is 12.1. The third kappa shape index (κ3) is 5.72. The quantitative estimate of drug-likeness (QED) is 0.327. The van der Waals surface area contributed by atoms with Gasteiger partial charge in [-0.05, 0) is 66.3 Å². The number of benzene rings is 3. The van der Waals surface area contributed by atoms with Crippen molar-refractivity contribution in [1.82, 2.24) is 4.90 Å². The summed E-state index contributed by atoms with van der Waals surface area (Å²) in [5, 5.41) is 0. The second-order valence-electron chi connectivity index (χ2n) is 8.93. The number of alkyl halides is 1. The summed E-state index contributed by atoms with van der Waals surface area (Å²) in [6, 6.07) is 30.0. The number of likely N-dealkylation sites (tertiary alicyclic amines) is 1. The third-order valence-electron chi connectivity index (χ3n) is 6.63. The SMILES string of the molecule is CC/C(=C(\c1ccccc1)c1ccc(OC[C@H](C)N2CC[C@@H](CF)C2)cc1)c1ccccc1. The van der Waals surface area contributed by atoms with E-state index in [0.29, 0.717) is 6.61 Å². The van der Waals surface area contributed by atoms with Crippen LogP contribution >= 0.6 is 0 Å². The molecule has 2 nitrogen and oxygen atoms in total. The van der Waals surface area contributed by atoms with Crippen LogP contribution in [0.2, 0.25) is 0 Å². The smallest absolute Gasteiger partial charge is 0.119 e. The largest absolute Gasteiger partial charge is 0.492 e. The summed E-state index contributed by atoms with van der Waals surface area (Å²) in [4.78, 5) is 2.34. The Labute approximate surface area is 197 Å². The van der Waals surface area contributed by atoms with E-state index < -0.39 is 0 Å². The van der Waals surface area contributed by atoms with Crippen molar-refractivity contribution in [3.63, 3.8) is 0 Å². The fraction of sp³-hybridized carbons (Fsp3) is 0.333. The van der Waals surface area contributed by atoms with E-state index in [1.54, 1.807) is 0 Å². The molecule has 33 heavy (non-hydrogen) atoms. The highest BCUT2D eigenvalue weighted by atomic mass is 19.1. The van der Waals surface area contributed by atoms with Gasteiger partial charge in [0.1, 0.15) is 12.4 Å². The highest BCUT2D eigenvalue weighted by Crippen LogP contribution is 2.35. The highest BCUT2D eigenvalue weighted by Gasteiger charge is 2.26. The Bertz CT molecular complexity index is 1030. The predicted octanol–water partition coefficient (Wildman–Crippen LogP) is 7.11. The Morgan fingerprint density at radius 3 is 2.09 bits per heavy atom.